The Kier molecular flexibility index (Phi) is 9.06. The molecule has 0 aliphatic carbocycles. The minimum Gasteiger partial charge on any atom is -0.495 e. The summed E-state index contributed by atoms with van der Waals surface area (Å²) in [6.07, 6.45) is 0. The van der Waals surface area contributed by atoms with Gasteiger partial charge in [-0.15, -0.1) is 11.8 Å². The molecule has 0 aromatic heterocycles. The van der Waals surface area contributed by atoms with Crippen LogP contribution in [0.1, 0.15) is 16.4 Å². The third-order valence-corrected chi connectivity index (χ3v) is 7.35. The lowest BCUT2D eigenvalue weighted by molar-refractivity contribution is -0.115. The molecule has 0 aliphatic rings. The Labute approximate surface area is 231 Å². The number of amides is 1. The number of rotatable bonds is 8. The van der Waals surface area contributed by atoms with Crippen LogP contribution in [0, 0.1) is 6.92 Å². The standard InChI is InChI=1S/C29H26ClN3O2S2/c1-19-17-25(26(35-2)18-24(19)30)33-28(34)27(20-9-5-3-6-10-20)37-23-15-13-22(14-16-23)32-29(36)31-21-11-7-4-8-12-21/h3-18,27H,1-2H3,(H,33,34)(H2,31,32,36). The molecule has 1 atom stereocenters. The Morgan fingerprint density at radius 3 is 2.08 bits per heavy atom. The van der Waals surface area contributed by atoms with Crippen molar-refractivity contribution >= 4 is 63.7 Å². The van der Waals surface area contributed by atoms with Crippen molar-refractivity contribution in [2.45, 2.75) is 17.1 Å². The molecule has 0 radical (unpaired) electrons. The van der Waals surface area contributed by atoms with Gasteiger partial charge in [-0.2, -0.15) is 0 Å². The monoisotopic (exact) mass is 547 g/mol. The maximum absolute atomic E-state index is 13.5. The van der Waals surface area contributed by atoms with Gasteiger partial charge in [0.1, 0.15) is 11.0 Å². The number of methoxy groups -OCH3 is 1. The summed E-state index contributed by atoms with van der Waals surface area (Å²) in [6, 6.07) is 30.8. The highest BCUT2D eigenvalue weighted by molar-refractivity contribution is 8.00. The Bertz CT molecular complexity index is 1370. The van der Waals surface area contributed by atoms with E-state index in [9.17, 15) is 4.79 Å². The summed E-state index contributed by atoms with van der Waals surface area (Å²) in [7, 11) is 1.55. The van der Waals surface area contributed by atoms with Crippen LogP contribution in [0.25, 0.3) is 0 Å². The number of ether oxygens (including phenoxy) is 1. The smallest absolute Gasteiger partial charge is 0.242 e. The average Bonchev–Trinajstić information content (AvgIpc) is 2.91. The maximum atomic E-state index is 13.5. The number of aryl methyl sites for hydroxylation is 1. The number of benzene rings is 4. The third kappa shape index (κ3) is 7.26. The molecule has 4 aromatic carbocycles. The first-order chi connectivity index (χ1) is 17.9. The van der Waals surface area contributed by atoms with Crippen molar-refractivity contribution in [1.29, 1.82) is 0 Å². The SMILES string of the molecule is COc1cc(Cl)c(C)cc1NC(=O)C(Sc1ccc(NC(=S)Nc2ccccc2)cc1)c1ccccc1. The average molecular weight is 548 g/mol. The second kappa shape index (κ2) is 12.6. The van der Waals surface area contributed by atoms with Gasteiger partial charge in [-0.05, 0) is 72.7 Å². The maximum Gasteiger partial charge on any atom is 0.242 e. The van der Waals surface area contributed by atoms with Gasteiger partial charge in [0, 0.05) is 27.4 Å². The van der Waals surface area contributed by atoms with Crippen molar-refractivity contribution in [2.75, 3.05) is 23.1 Å². The summed E-state index contributed by atoms with van der Waals surface area (Å²) in [5, 5.41) is 9.97. The largest absolute Gasteiger partial charge is 0.495 e. The van der Waals surface area contributed by atoms with Crippen LogP contribution in [0.4, 0.5) is 17.1 Å². The molecule has 5 nitrogen and oxygen atoms in total. The van der Waals surface area contributed by atoms with E-state index in [2.05, 4.69) is 16.0 Å². The minimum atomic E-state index is -0.485. The first-order valence-electron chi connectivity index (χ1n) is 11.5. The number of anilines is 3. The highest BCUT2D eigenvalue weighted by atomic mass is 35.5. The van der Waals surface area contributed by atoms with Gasteiger partial charge in [0.2, 0.25) is 5.91 Å². The minimum absolute atomic E-state index is 0.160. The lowest BCUT2D eigenvalue weighted by Crippen LogP contribution is -2.19. The number of carbonyl (C=O) groups is 1. The molecule has 8 heteroatoms. The molecule has 37 heavy (non-hydrogen) atoms. The number of thiocarbonyl (C=S) groups is 1. The van der Waals surface area contributed by atoms with E-state index in [1.54, 1.807) is 13.2 Å². The first kappa shape index (κ1) is 26.5. The summed E-state index contributed by atoms with van der Waals surface area (Å²) >= 11 is 13.1. The van der Waals surface area contributed by atoms with Crippen LogP contribution in [0.3, 0.4) is 0 Å². The fraction of sp³-hybridized carbons (Fsp3) is 0.103. The topological polar surface area (TPSA) is 62.4 Å². The highest BCUT2D eigenvalue weighted by Gasteiger charge is 2.23. The van der Waals surface area contributed by atoms with Crippen LogP contribution >= 0.6 is 35.6 Å². The van der Waals surface area contributed by atoms with Crippen LogP contribution in [-0.2, 0) is 4.79 Å². The van der Waals surface area contributed by atoms with Gasteiger partial charge in [0.05, 0.1) is 12.8 Å². The molecule has 4 rings (SSSR count). The van der Waals surface area contributed by atoms with Crippen molar-refractivity contribution in [3.8, 4) is 5.75 Å². The van der Waals surface area contributed by atoms with Crippen LogP contribution in [0.15, 0.2) is 102 Å². The normalized spacial score (nSPS) is 11.3. The number of carbonyl (C=O) groups excluding carboxylic acids is 1. The molecular formula is C29H26ClN3O2S2. The molecule has 0 heterocycles. The lowest BCUT2D eigenvalue weighted by atomic mass is 10.1. The number of halogens is 1. The van der Waals surface area contributed by atoms with Crippen molar-refractivity contribution in [1.82, 2.24) is 0 Å². The predicted molar refractivity (Wildman–Crippen MR) is 159 cm³/mol. The number of para-hydroxylation sites is 1. The van der Waals surface area contributed by atoms with E-state index < -0.39 is 5.25 Å². The highest BCUT2D eigenvalue weighted by Crippen LogP contribution is 2.38. The molecule has 3 N–H and O–H groups in total. The van der Waals surface area contributed by atoms with E-state index in [1.807, 2.05) is 97.9 Å². The second-order valence-corrected chi connectivity index (χ2v) is 10.2. The lowest BCUT2D eigenvalue weighted by Gasteiger charge is -2.19. The number of thioether (sulfide) groups is 1. The van der Waals surface area contributed by atoms with Gasteiger partial charge in [-0.25, -0.2) is 0 Å². The van der Waals surface area contributed by atoms with Gasteiger partial charge in [0.25, 0.3) is 0 Å². The van der Waals surface area contributed by atoms with Crippen LogP contribution in [0.2, 0.25) is 5.02 Å². The molecular weight excluding hydrogens is 522 g/mol. The van der Waals surface area contributed by atoms with E-state index in [4.69, 9.17) is 28.6 Å². The van der Waals surface area contributed by atoms with Gasteiger partial charge in [0.15, 0.2) is 5.11 Å². The number of nitrogens with one attached hydrogen (secondary N) is 3. The number of hydrogen-bond acceptors (Lipinski definition) is 4. The molecule has 0 saturated heterocycles. The molecule has 188 valence electrons. The second-order valence-electron chi connectivity index (χ2n) is 8.17. The summed E-state index contributed by atoms with van der Waals surface area (Å²) < 4.78 is 5.44. The van der Waals surface area contributed by atoms with E-state index in [-0.39, 0.29) is 5.91 Å². The Morgan fingerprint density at radius 1 is 0.865 bits per heavy atom. The Balaban J connectivity index is 1.49. The zero-order valence-corrected chi connectivity index (χ0v) is 22.7. The zero-order valence-electron chi connectivity index (χ0n) is 20.3. The molecule has 0 spiro atoms. The molecule has 4 aromatic rings. The molecule has 0 bridgehead atoms. The van der Waals surface area contributed by atoms with Crippen molar-refractivity contribution in [3.05, 3.63) is 113 Å². The summed E-state index contributed by atoms with van der Waals surface area (Å²) in [4.78, 5) is 14.5. The quantitative estimate of drug-likeness (QED) is 0.154. The summed E-state index contributed by atoms with van der Waals surface area (Å²) in [6.45, 7) is 1.89. The number of hydrogen-bond donors (Lipinski definition) is 3. The third-order valence-electron chi connectivity index (χ3n) is 5.48. The molecule has 0 aliphatic heterocycles. The molecule has 0 saturated carbocycles. The van der Waals surface area contributed by atoms with Gasteiger partial charge >= 0.3 is 0 Å². The van der Waals surface area contributed by atoms with E-state index in [0.29, 0.717) is 21.6 Å². The fourth-order valence-corrected chi connectivity index (χ4v) is 5.01. The van der Waals surface area contributed by atoms with Crippen LogP contribution in [0.5, 0.6) is 5.75 Å². The van der Waals surface area contributed by atoms with Crippen molar-refractivity contribution < 1.29 is 9.53 Å². The van der Waals surface area contributed by atoms with Gasteiger partial charge in [-0.1, -0.05) is 60.1 Å². The molecule has 1 unspecified atom stereocenters. The zero-order chi connectivity index (χ0) is 26.2. The Hall–Kier alpha value is -3.52. The first-order valence-corrected chi connectivity index (χ1v) is 13.2. The van der Waals surface area contributed by atoms with E-state index in [1.165, 1.54) is 11.8 Å². The summed E-state index contributed by atoms with van der Waals surface area (Å²) in [5.74, 6) is 0.350. The molecule has 1 amide bonds. The van der Waals surface area contributed by atoms with Gasteiger partial charge < -0.3 is 20.7 Å². The molecule has 0 fully saturated rings. The van der Waals surface area contributed by atoms with Gasteiger partial charge in [-0.3, -0.25) is 4.79 Å². The van der Waals surface area contributed by atoms with Crippen LogP contribution in [-0.4, -0.2) is 18.1 Å². The summed E-state index contributed by atoms with van der Waals surface area (Å²) in [5.41, 5.74) is 4.08. The predicted octanol–water partition coefficient (Wildman–Crippen LogP) is 7.94. The van der Waals surface area contributed by atoms with E-state index >= 15 is 0 Å². The van der Waals surface area contributed by atoms with Crippen molar-refractivity contribution in [2.24, 2.45) is 0 Å². The van der Waals surface area contributed by atoms with Crippen LogP contribution < -0.4 is 20.7 Å². The fourth-order valence-electron chi connectivity index (χ4n) is 3.60. The van der Waals surface area contributed by atoms with E-state index in [0.717, 1.165) is 27.4 Å². The van der Waals surface area contributed by atoms with Crippen molar-refractivity contribution in [3.63, 3.8) is 0 Å². The Morgan fingerprint density at radius 2 is 1.46 bits per heavy atom.